The summed E-state index contributed by atoms with van der Waals surface area (Å²) in [6.07, 6.45) is 2.18. The summed E-state index contributed by atoms with van der Waals surface area (Å²) in [6, 6.07) is 13.4. The highest BCUT2D eigenvalue weighted by atomic mass is 35.5. The second-order valence-corrected chi connectivity index (χ2v) is 14.0. The number of rotatable bonds is 5. The molecular formula is C28H33ClN4O4S2. The number of para-hydroxylation sites is 1. The zero-order chi connectivity index (χ0) is 27.5. The first-order chi connectivity index (χ1) is 17.8. The number of nitrogens with one attached hydrogen (secondary N) is 2. The lowest BCUT2D eigenvalue weighted by molar-refractivity contribution is 0.0999. The number of primary amides is 1. The molecule has 11 heteroatoms. The minimum Gasteiger partial charge on any atom is -0.365 e. The van der Waals surface area contributed by atoms with E-state index in [2.05, 4.69) is 24.5 Å². The van der Waals surface area contributed by atoms with Crippen LogP contribution in [0.15, 0.2) is 53.4 Å². The quantitative estimate of drug-likeness (QED) is 0.394. The van der Waals surface area contributed by atoms with Crippen LogP contribution in [0.5, 0.6) is 0 Å². The van der Waals surface area contributed by atoms with Crippen molar-refractivity contribution in [3.8, 4) is 0 Å². The first-order valence-corrected chi connectivity index (χ1v) is 14.8. The Hall–Kier alpha value is -2.92. The van der Waals surface area contributed by atoms with Gasteiger partial charge in [-0.1, -0.05) is 18.2 Å². The fourth-order valence-corrected chi connectivity index (χ4v) is 8.52. The maximum absolute atomic E-state index is 13.4. The van der Waals surface area contributed by atoms with Crippen LogP contribution in [-0.2, 0) is 28.4 Å². The molecule has 3 heterocycles. The van der Waals surface area contributed by atoms with E-state index in [9.17, 15) is 18.0 Å². The van der Waals surface area contributed by atoms with Crippen molar-refractivity contribution in [3.63, 3.8) is 0 Å². The molecule has 0 bridgehead atoms. The third kappa shape index (κ3) is 5.30. The van der Waals surface area contributed by atoms with E-state index >= 15 is 0 Å². The molecular weight excluding hydrogens is 556 g/mol. The number of amides is 2. The van der Waals surface area contributed by atoms with E-state index < -0.39 is 27.4 Å². The van der Waals surface area contributed by atoms with Crippen LogP contribution in [0.1, 0.15) is 70.8 Å². The van der Waals surface area contributed by atoms with Gasteiger partial charge in [-0.15, -0.1) is 23.7 Å². The fourth-order valence-electron chi connectivity index (χ4n) is 5.71. The summed E-state index contributed by atoms with van der Waals surface area (Å²) in [4.78, 5) is 26.7. The maximum Gasteiger partial charge on any atom is 0.264 e. The Morgan fingerprint density at radius 3 is 2.38 bits per heavy atom. The fraction of sp³-hybridized carbons (Fsp3) is 0.357. The number of carbonyl (C=O) groups excluding carboxylic acids is 2. The lowest BCUT2D eigenvalue weighted by Gasteiger charge is -2.42. The summed E-state index contributed by atoms with van der Waals surface area (Å²) < 4.78 is 28.3. The van der Waals surface area contributed by atoms with Gasteiger partial charge >= 0.3 is 0 Å². The molecule has 0 atom stereocenters. The normalized spacial score (nSPS) is 17.4. The van der Waals surface area contributed by atoms with Gasteiger partial charge in [-0.05, 0) is 88.4 Å². The first kappa shape index (κ1) is 29.1. The summed E-state index contributed by atoms with van der Waals surface area (Å²) in [5.41, 5.74) is 8.29. The molecule has 0 radical (unpaired) electrons. The van der Waals surface area contributed by atoms with Crippen LogP contribution in [0.25, 0.3) is 0 Å². The average Bonchev–Trinajstić information content (AvgIpc) is 3.21. The third-order valence-electron chi connectivity index (χ3n) is 7.09. The molecule has 3 aromatic rings. The maximum atomic E-state index is 13.4. The van der Waals surface area contributed by atoms with E-state index in [1.54, 1.807) is 0 Å². The molecule has 1 aromatic heterocycles. The lowest BCUT2D eigenvalue weighted by Crippen LogP contribution is -2.55. The van der Waals surface area contributed by atoms with Gasteiger partial charge in [-0.3, -0.25) is 13.9 Å². The van der Waals surface area contributed by atoms with Gasteiger partial charge in [0.05, 0.1) is 16.1 Å². The Bertz CT molecular complexity index is 1550. The summed E-state index contributed by atoms with van der Waals surface area (Å²) >= 11 is 1.34. The predicted octanol–water partition coefficient (Wildman–Crippen LogP) is 4.82. The number of anilines is 2. The van der Waals surface area contributed by atoms with Gasteiger partial charge in [0.2, 0.25) is 0 Å². The largest absolute Gasteiger partial charge is 0.365 e. The van der Waals surface area contributed by atoms with E-state index in [1.165, 1.54) is 39.9 Å². The van der Waals surface area contributed by atoms with Crippen LogP contribution in [0.4, 0.5) is 10.7 Å². The molecule has 0 aliphatic carbocycles. The molecule has 2 amide bonds. The number of fused-ring (bicyclic) bond motifs is 2. The molecule has 2 aliphatic rings. The first-order valence-electron chi connectivity index (χ1n) is 12.6. The van der Waals surface area contributed by atoms with Crippen LogP contribution in [0, 0.1) is 0 Å². The molecule has 0 saturated carbocycles. The lowest BCUT2D eigenvalue weighted by atomic mass is 9.81. The minimum atomic E-state index is -3.79. The van der Waals surface area contributed by atoms with E-state index in [0.29, 0.717) is 29.2 Å². The number of nitrogens with two attached hydrogens (primary N) is 1. The standard InChI is InChI=1S/C28H32N4O4S2.ClH/c1-27(2)16-20-22(24(29)33)26(37-23(20)28(3,4)31-27)30-25(34)18-11-13-19(14-12-18)38(35,36)32-15-7-9-17-8-5-6-10-21(17)32;/h5-6,8,10-14,31H,7,9,15-16H2,1-4H3,(H2,29,33)(H,30,34);1H. The number of hydrogen-bond acceptors (Lipinski definition) is 6. The highest BCUT2D eigenvalue weighted by Gasteiger charge is 2.41. The van der Waals surface area contributed by atoms with Gasteiger partial charge in [0, 0.05) is 28.1 Å². The molecule has 39 heavy (non-hydrogen) atoms. The van der Waals surface area contributed by atoms with Gasteiger partial charge in [-0.25, -0.2) is 8.42 Å². The number of nitrogens with zero attached hydrogens (tertiary/aromatic N) is 1. The second-order valence-electron chi connectivity index (χ2n) is 11.1. The van der Waals surface area contributed by atoms with Crippen LogP contribution in [0.2, 0.25) is 0 Å². The molecule has 8 nitrogen and oxygen atoms in total. The molecule has 0 spiro atoms. The van der Waals surface area contributed by atoms with Gasteiger partial charge in [0.15, 0.2) is 0 Å². The third-order valence-corrected chi connectivity index (χ3v) is 10.4. The summed E-state index contributed by atoms with van der Waals surface area (Å²) in [5.74, 6) is -1.03. The molecule has 2 aliphatic heterocycles. The van der Waals surface area contributed by atoms with Crippen LogP contribution < -0.4 is 20.7 Å². The Morgan fingerprint density at radius 2 is 1.72 bits per heavy atom. The number of thiophene rings is 1. The summed E-state index contributed by atoms with van der Waals surface area (Å²) in [7, 11) is -3.79. The number of sulfonamides is 1. The van der Waals surface area contributed by atoms with Crippen molar-refractivity contribution >= 4 is 56.3 Å². The molecule has 0 saturated heterocycles. The molecule has 2 aromatic carbocycles. The van der Waals surface area contributed by atoms with Crippen LogP contribution in [0.3, 0.4) is 0 Å². The van der Waals surface area contributed by atoms with Crippen molar-refractivity contribution in [1.82, 2.24) is 5.32 Å². The number of halogens is 1. The minimum absolute atomic E-state index is 0. The zero-order valence-corrected chi connectivity index (χ0v) is 24.8. The second kappa shape index (κ2) is 10.2. The average molecular weight is 589 g/mol. The molecule has 5 rings (SSSR count). The Labute approximate surface area is 239 Å². The molecule has 0 unspecified atom stereocenters. The molecule has 4 N–H and O–H groups in total. The van der Waals surface area contributed by atoms with Gasteiger partial charge < -0.3 is 16.4 Å². The van der Waals surface area contributed by atoms with Crippen LogP contribution >= 0.6 is 23.7 Å². The monoisotopic (exact) mass is 588 g/mol. The highest BCUT2D eigenvalue weighted by Crippen LogP contribution is 2.45. The zero-order valence-electron chi connectivity index (χ0n) is 22.3. The number of carbonyl (C=O) groups is 2. The van der Waals surface area contributed by atoms with Crippen molar-refractivity contribution in [2.75, 3.05) is 16.2 Å². The van der Waals surface area contributed by atoms with Crippen LogP contribution in [-0.4, -0.2) is 32.3 Å². The number of benzene rings is 2. The SMILES string of the molecule is CC1(C)Cc2c(sc(NC(=O)c3ccc(S(=O)(=O)N4CCCc5ccccc54)cc3)c2C(N)=O)C(C)(C)N1.Cl. The smallest absolute Gasteiger partial charge is 0.264 e. The Kier molecular flexibility index (Phi) is 7.63. The Morgan fingerprint density at radius 1 is 1.05 bits per heavy atom. The summed E-state index contributed by atoms with van der Waals surface area (Å²) in [5, 5.41) is 6.85. The predicted molar refractivity (Wildman–Crippen MR) is 158 cm³/mol. The van der Waals surface area contributed by atoms with E-state index in [0.717, 1.165) is 28.8 Å². The topological polar surface area (TPSA) is 122 Å². The molecule has 208 valence electrons. The van der Waals surface area contributed by atoms with Crippen molar-refractivity contribution in [2.45, 2.75) is 62.9 Å². The number of aryl methyl sites for hydroxylation is 1. The van der Waals surface area contributed by atoms with Crippen molar-refractivity contribution < 1.29 is 18.0 Å². The number of hydrogen-bond donors (Lipinski definition) is 3. The highest BCUT2D eigenvalue weighted by molar-refractivity contribution is 7.92. The van der Waals surface area contributed by atoms with Crippen molar-refractivity contribution in [2.24, 2.45) is 5.73 Å². The van der Waals surface area contributed by atoms with E-state index in [1.807, 2.05) is 38.1 Å². The van der Waals surface area contributed by atoms with Gasteiger partial charge in [0.25, 0.3) is 21.8 Å². The Balaban J connectivity index is 0.00000353. The van der Waals surface area contributed by atoms with Crippen molar-refractivity contribution in [3.05, 3.63) is 75.7 Å². The van der Waals surface area contributed by atoms with Crippen molar-refractivity contribution in [1.29, 1.82) is 0 Å². The molecule has 0 fully saturated rings. The van der Waals surface area contributed by atoms with E-state index in [4.69, 9.17) is 5.73 Å². The summed E-state index contributed by atoms with van der Waals surface area (Å²) in [6.45, 7) is 8.62. The van der Waals surface area contributed by atoms with Gasteiger partial charge in [-0.2, -0.15) is 0 Å². The van der Waals surface area contributed by atoms with Gasteiger partial charge in [0.1, 0.15) is 5.00 Å². The van der Waals surface area contributed by atoms with E-state index in [-0.39, 0.29) is 28.4 Å².